The van der Waals surface area contributed by atoms with Crippen LogP contribution in [0.15, 0.2) is 94.9 Å². The molecule has 0 aliphatic carbocycles. The van der Waals surface area contributed by atoms with Crippen LogP contribution in [0, 0.1) is 0 Å². The Kier molecular flexibility index (Phi) is 5.46. The van der Waals surface area contributed by atoms with Crippen LogP contribution in [0.3, 0.4) is 0 Å². The van der Waals surface area contributed by atoms with Gasteiger partial charge in [-0.1, -0.05) is 12.1 Å². The summed E-state index contributed by atoms with van der Waals surface area (Å²) in [4.78, 5) is 24.8. The molecular formula is C25H20N4O4S. The molecule has 0 bridgehead atoms. The third-order valence-electron chi connectivity index (χ3n) is 5.29. The molecule has 0 amide bonds. The zero-order valence-electron chi connectivity index (χ0n) is 18.2. The van der Waals surface area contributed by atoms with E-state index in [1.807, 2.05) is 24.3 Å². The molecule has 0 aliphatic heterocycles. The molecule has 1 N–H and O–H groups in total. The molecule has 0 saturated carbocycles. The quantitative estimate of drug-likeness (QED) is 0.400. The number of hydrogen-bond donors (Lipinski definition) is 1. The summed E-state index contributed by atoms with van der Waals surface area (Å²) in [6, 6.07) is 20.5. The highest BCUT2D eigenvalue weighted by Crippen LogP contribution is 2.31. The number of aromatic amines is 1. The van der Waals surface area contributed by atoms with E-state index >= 15 is 0 Å². The van der Waals surface area contributed by atoms with Crippen LogP contribution in [0.1, 0.15) is 5.56 Å². The predicted molar refractivity (Wildman–Crippen MR) is 129 cm³/mol. The number of nitrogens with one attached hydrogen (secondary N) is 1. The molecule has 3 aromatic heterocycles. The van der Waals surface area contributed by atoms with Crippen molar-refractivity contribution in [1.29, 1.82) is 0 Å². The zero-order chi connectivity index (χ0) is 23.7. The molecule has 0 unspecified atom stereocenters. The summed E-state index contributed by atoms with van der Waals surface area (Å²) in [7, 11) is -3.31. The standard InChI is InChI=1S/C25H20N4O4S/c1-34(31,32)19-10-8-18(9-11-19)33-23-15-22-21(27-25(28-22)20-6-2-4-12-26-20)14-17(23)16-29-13-5-3-7-24(29)30/h2-15H,16H2,1H3,(H,27,28). The highest BCUT2D eigenvalue weighted by Gasteiger charge is 2.14. The first kappa shape index (κ1) is 21.6. The Balaban J connectivity index is 1.58. The molecule has 3 heterocycles. The summed E-state index contributed by atoms with van der Waals surface area (Å²) >= 11 is 0. The molecule has 2 aromatic carbocycles. The molecule has 0 fully saturated rings. The van der Waals surface area contributed by atoms with E-state index in [4.69, 9.17) is 4.74 Å². The molecule has 5 aromatic rings. The highest BCUT2D eigenvalue weighted by molar-refractivity contribution is 7.90. The van der Waals surface area contributed by atoms with Gasteiger partial charge in [0.05, 0.1) is 22.5 Å². The molecule has 0 radical (unpaired) electrons. The summed E-state index contributed by atoms with van der Waals surface area (Å²) < 4.78 is 31.2. The lowest BCUT2D eigenvalue weighted by Crippen LogP contribution is -2.18. The Hall–Kier alpha value is -4.24. The van der Waals surface area contributed by atoms with Gasteiger partial charge in [0.2, 0.25) is 0 Å². The van der Waals surface area contributed by atoms with Gasteiger partial charge in [0.15, 0.2) is 15.7 Å². The number of aromatic nitrogens is 4. The lowest BCUT2D eigenvalue weighted by atomic mass is 10.1. The fraction of sp³-hybridized carbons (Fsp3) is 0.0800. The average molecular weight is 473 g/mol. The molecule has 34 heavy (non-hydrogen) atoms. The zero-order valence-corrected chi connectivity index (χ0v) is 19.0. The van der Waals surface area contributed by atoms with Crippen LogP contribution in [-0.2, 0) is 16.4 Å². The number of imidazole rings is 1. The molecule has 0 saturated heterocycles. The van der Waals surface area contributed by atoms with E-state index in [-0.39, 0.29) is 17.0 Å². The summed E-state index contributed by atoms with van der Waals surface area (Å²) in [5.74, 6) is 1.59. The number of ether oxygens (including phenoxy) is 1. The number of nitrogens with zero attached hydrogens (tertiary/aromatic N) is 3. The number of rotatable bonds is 6. The lowest BCUT2D eigenvalue weighted by molar-refractivity contribution is 0.474. The topological polar surface area (TPSA) is 107 Å². The lowest BCUT2D eigenvalue weighted by Gasteiger charge is -2.13. The Morgan fingerprint density at radius 2 is 1.79 bits per heavy atom. The summed E-state index contributed by atoms with van der Waals surface area (Å²) in [5, 5.41) is 0. The summed E-state index contributed by atoms with van der Waals surface area (Å²) in [6.45, 7) is 0.282. The molecule has 0 aliphatic rings. The van der Waals surface area contributed by atoms with E-state index in [1.165, 1.54) is 18.2 Å². The number of hydrogen-bond acceptors (Lipinski definition) is 6. The van der Waals surface area contributed by atoms with E-state index in [0.717, 1.165) is 17.3 Å². The largest absolute Gasteiger partial charge is 0.457 e. The van der Waals surface area contributed by atoms with Crippen LogP contribution >= 0.6 is 0 Å². The predicted octanol–water partition coefficient (Wildman–Crippen LogP) is 4.03. The van der Waals surface area contributed by atoms with Gasteiger partial charge in [0.25, 0.3) is 5.56 Å². The second-order valence-corrected chi connectivity index (χ2v) is 9.81. The Bertz CT molecular complexity index is 1640. The molecule has 9 heteroatoms. The maximum atomic E-state index is 12.3. The Morgan fingerprint density at radius 1 is 1.00 bits per heavy atom. The first-order valence-corrected chi connectivity index (χ1v) is 12.3. The Labute approximate surface area is 195 Å². The van der Waals surface area contributed by atoms with E-state index < -0.39 is 9.84 Å². The monoisotopic (exact) mass is 472 g/mol. The third-order valence-corrected chi connectivity index (χ3v) is 6.42. The van der Waals surface area contributed by atoms with Gasteiger partial charge in [-0.3, -0.25) is 9.78 Å². The van der Waals surface area contributed by atoms with Crippen LogP contribution in [0.25, 0.3) is 22.6 Å². The normalized spacial score (nSPS) is 11.6. The second kappa shape index (κ2) is 8.60. The van der Waals surface area contributed by atoms with Crippen molar-refractivity contribution in [1.82, 2.24) is 19.5 Å². The molecule has 0 spiro atoms. The van der Waals surface area contributed by atoms with Crippen LogP contribution in [0.5, 0.6) is 11.5 Å². The first-order valence-electron chi connectivity index (χ1n) is 10.4. The number of fused-ring (bicyclic) bond motifs is 1. The third kappa shape index (κ3) is 4.46. The second-order valence-electron chi connectivity index (χ2n) is 7.79. The van der Waals surface area contributed by atoms with Crippen molar-refractivity contribution >= 4 is 20.9 Å². The number of pyridine rings is 2. The van der Waals surface area contributed by atoms with Crippen molar-refractivity contribution in [3.63, 3.8) is 0 Å². The van der Waals surface area contributed by atoms with Gasteiger partial charge in [-0.05, 0) is 48.5 Å². The van der Waals surface area contributed by atoms with Gasteiger partial charge < -0.3 is 14.3 Å². The van der Waals surface area contributed by atoms with Crippen LogP contribution in [0.2, 0.25) is 0 Å². The number of benzene rings is 2. The molecule has 5 rings (SSSR count). The van der Waals surface area contributed by atoms with E-state index in [1.54, 1.807) is 47.3 Å². The van der Waals surface area contributed by atoms with Crippen LogP contribution in [0.4, 0.5) is 0 Å². The maximum Gasteiger partial charge on any atom is 0.250 e. The van der Waals surface area contributed by atoms with Crippen LogP contribution in [-0.4, -0.2) is 34.2 Å². The van der Waals surface area contributed by atoms with Crippen molar-refractivity contribution in [2.24, 2.45) is 0 Å². The molecule has 8 nitrogen and oxygen atoms in total. The van der Waals surface area contributed by atoms with E-state index in [0.29, 0.717) is 28.5 Å². The van der Waals surface area contributed by atoms with Gasteiger partial charge in [-0.25, -0.2) is 13.4 Å². The highest BCUT2D eigenvalue weighted by atomic mass is 32.2. The SMILES string of the molecule is CS(=O)(=O)c1ccc(Oc2cc3nc(-c4ccccn4)[nH]c3cc2Cn2ccccc2=O)cc1. The van der Waals surface area contributed by atoms with Crippen molar-refractivity contribution < 1.29 is 13.2 Å². The van der Waals surface area contributed by atoms with Crippen molar-refractivity contribution in [2.45, 2.75) is 11.4 Å². The van der Waals surface area contributed by atoms with Gasteiger partial charge in [0.1, 0.15) is 17.2 Å². The minimum absolute atomic E-state index is 0.134. The fourth-order valence-corrected chi connectivity index (χ4v) is 4.21. The number of sulfone groups is 1. The van der Waals surface area contributed by atoms with E-state index in [9.17, 15) is 13.2 Å². The van der Waals surface area contributed by atoms with Crippen LogP contribution < -0.4 is 10.3 Å². The number of H-pyrrole nitrogens is 1. The average Bonchev–Trinajstić information content (AvgIpc) is 3.24. The minimum atomic E-state index is -3.31. The summed E-state index contributed by atoms with van der Waals surface area (Å²) in [5.41, 5.74) is 2.78. The van der Waals surface area contributed by atoms with Gasteiger partial charge >= 0.3 is 0 Å². The van der Waals surface area contributed by atoms with Gasteiger partial charge in [0, 0.05) is 36.3 Å². The minimum Gasteiger partial charge on any atom is -0.457 e. The van der Waals surface area contributed by atoms with Crippen molar-refractivity contribution in [3.05, 3.63) is 101 Å². The van der Waals surface area contributed by atoms with Crippen molar-refractivity contribution in [2.75, 3.05) is 6.26 Å². The molecule has 0 atom stereocenters. The van der Waals surface area contributed by atoms with Crippen molar-refractivity contribution in [3.8, 4) is 23.0 Å². The maximum absolute atomic E-state index is 12.3. The summed E-state index contributed by atoms with van der Waals surface area (Å²) in [6.07, 6.45) is 4.57. The van der Waals surface area contributed by atoms with E-state index in [2.05, 4.69) is 15.0 Å². The smallest absolute Gasteiger partial charge is 0.250 e. The van der Waals surface area contributed by atoms with Gasteiger partial charge in [-0.2, -0.15) is 0 Å². The molecular weight excluding hydrogens is 452 g/mol. The first-order chi connectivity index (χ1) is 16.4. The molecule has 170 valence electrons. The van der Waals surface area contributed by atoms with Gasteiger partial charge in [-0.15, -0.1) is 0 Å². The Morgan fingerprint density at radius 3 is 2.50 bits per heavy atom. The fourth-order valence-electron chi connectivity index (χ4n) is 3.58.